The fraction of sp³-hybridized carbons (Fsp3) is 0.481. The third-order valence-corrected chi connectivity index (χ3v) is 6.93. The molecule has 4 rings (SSSR count). The standard InChI is InChI=1S/C27H35N3O3/c1-19(2)13-28-25(31)24-15-29(14-21-8-6-5-7-9-21)16-27(24)17-30(18-27)26(32)23-11-10-22(33-4)12-20(23)3/h5-12,19,24H,13-18H2,1-4H3,(H,28,31). The van der Waals surface area contributed by atoms with Crippen LogP contribution in [-0.4, -0.2) is 61.4 Å². The Labute approximate surface area is 196 Å². The zero-order chi connectivity index (χ0) is 23.6. The Morgan fingerprint density at radius 1 is 1.12 bits per heavy atom. The van der Waals surface area contributed by atoms with Gasteiger partial charge >= 0.3 is 0 Å². The maximum Gasteiger partial charge on any atom is 0.254 e. The van der Waals surface area contributed by atoms with Crippen LogP contribution in [0.1, 0.15) is 35.3 Å². The molecule has 6 heteroatoms. The van der Waals surface area contributed by atoms with Gasteiger partial charge in [-0.3, -0.25) is 14.5 Å². The van der Waals surface area contributed by atoms with Gasteiger partial charge in [0.05, 0.1) is 13.0 Å². The van der Waals surface area contributed by atoms with Crippen molar-refractivity contribution in [3.8, 4) is 5.75 Å². The lowest BCUT2D eigenvalue weighted by molar-refractivity contribution is -0.131. The first-order chi connectivity index (χ1) is 15.8. The van der Waals surface area contributed by atoms with Crippen molar-refractivity contribution in [2.75, 3.05) is 39.8 Å². The quantitative estimate of drug-likeness (QED) is 0.704. The minimum atomic E-state index is -0.189. The highest BCUT2D eigenvalue weighted by atomic mass is 16.5. The minimum Gasteiger partial charge on any atom is -0.497 e. The fourth-order valence-corrected chi connectivity index (χ4v) is 5.17. The van der Waals surface area contributed by atoms with E-state index in [0.717, 1.165) is 30.9 Å². The highest BCUT2D eigenvalue weighted by Gasteiger charge is 2.57. The van der Waals surface area contributed by atoms with Gasteiger partial charge in [0.2, 0.25) is 5.91 Å². The van der Waals surface area contributed by atoms with E-state index in [1.807, 2.05) is 36.1 Å². The van der Waals surface area contributed by atoms with Gasteiger partial charge in [0.15, 0.2) is 0 Å². The van der Waals surface area contributed by atoms with Gasteiger partial charge in [-0.1, -0.05) is 44.2 Å². The van der Waals surface area contributed by atoms with Crippen molar-refractivity contribution in [2.45, 2.75) is 27.3 Å². The fourth-order valence-electron chi connectivity index (χ4n) is 5.17. The molecule has 0 saturated carbocycles. The van der Waals surface area contributed by atoms with E-state index in [4.69, 9.17) is 4.74 Å². The van der Waals surface area contributed by atoms with Gasteiger partial charge in [0, 0.05) is 50.2 Å². The predicted molar refractivity (Wildman–Crippen MR) is 129 cm³/mol. The molecule has 2 saturated heterocycles. The smallest absolute Gasteiger partial charge is 0.254 e. The summed E-state index contributed by atoms with van der Waals surface area (Å²) in [6.07, 6.45) is 0. The number of amides is 2. The summed E-state index contributed by atoms with van der Waals surface area (Å²) in [6, 6.07) is 15.9. The molecule has 33 heavy (non-hydrogen) atoms. The highest BCUT2D eigenvalue weighted by Crippen LogP contribution is 2.45. The number of likely N-dealkylation sites (tertiary alicyclic amines) is 2. The van der Waals surface area contributed by atoms with E-state index in [2.05, 4.69) is 48.3 Å². The van der Waals surface area contributed by atoms with Gasteiger partial charge in [-0.15, -0.1) is 0 Å². The van der Waals surface area contributed by atoms with Gasteiger partial charge < -0.3 is 15.0 Å². The average Bonchev–Trinajstić information content (AvgIpc) is 3.16. The van der Waals surface area contributed by atoms with E-state index < -0.39 is 0 Å². The number of carbonyl (C=O) groups excluding carboxylic acids is 2. The number of hydrogen-bond donors (Lipinski definition) is 1. The van der Waals surface area contributed by atoms with E-state index in [9.17, 15) is 9.59 Å². The van der Waals surface area contributed by atoms with E-state index in [-0.39, 0.29) is 23.1 Å². The number of ether oxygens (including phenoxy) is 1. The maximum absolute atomic E-state index is 13.2. The Balaban J connectivity index is 1.48. The molecular formula is C27H35N3O3. The number of carbonyl (C=O) groups is 2. The van der Waals surface area contributed by atoms with Crippen molar-refractivity contribution in [2.24, 2.45) is 17.3 Å². The van der Waals surface area contributed by atoms with Gasteiger partial charge in [-0.2, -0.15) is 0 Å². The van der Waals surface area contributed by atoms with Gasteiger partial charge in [-0.25, -0.2) is 0 Å². The monoisotopic (exact) mass is 449 g/mol. The predicted octanol–water partition coefficient (Wildman–Crippen LogP) is 3.35. The first-order valence-corrected chi connectivity index (χ1v) is 11.8. The number of nitrogens with one attached hydrogen (secondary N) is 1. The largest absolute Gasteiger partial charge is 0.497 e. The molecular weight excluding hydrogens is 414 g/mol. The summed E-state index contributed by atoms with van der Waals surface area (Å²) in [5.74, 6) is 1.19. The normalized spacial score (nSPS) is 19.5. The van der Waals surface area contributed by atoms with Crippen LogP contribution in [0.5, 0.6) is 5.75 Å². The molecule has 1 spiro atoms. The first-order valence-electron chi connectivity index (χ1n) is 11.8. The van der Waals surface area contributed by atoms with Crippen LogP contribution in [0.25, 0.3) is 0 Å². The second-order valence-electron chi connectivity index (χ2n) is 10.1. The molecule has 176 valence electrons. The van der Waals surface area contributed by atoms with Crippen LogP contribution in [0.15, 0.2) is 48.5 Å². The molecule has 0 aliphatic carbocycles. The maximum atomic E-state index is 13.2. The number of aryl methyl sites for hydroxylation is 1. The Morgan fingerprint density at radius 2 is 1.85 bits per heavy atom. The van der Waals surface area contributed by atoms with Crippen molar-refractivity contribution in [3.63, 3.8) is 0 Å². The molecule has 2 aromatic carbocycles. The molecule has 0 radical (unpaired) electrons. The first kappa shape index (κ1) is 23.3. The molecule has 1 N–H and O–H groups in total. The van der Waals surface area contributed by atoms with Crippen LogP contribution in [0.3, 0.4) is 0 Å². The second kappa shape index (κ2) is 9.56. The van der Waals surface area contributed by atoms with E-state index in [1.165, 1.54) is 5.56 Å². The summed E-state index contributed by atoms with van der Waals surface area (Å²) in [4.78, 5) is 30.7. The highest BCUT2D eigenvalue weighted by molar-refractivity contribution is 5.96. The molecule has 2 aromatic rings. The number of hydrogen-bond acceptors (Lipinski definition) is 4. The summed E-state index contributed by atoms with van der Waals surface area (Å²) in [6.45, 7) is 10.4. The zero-order valence-corrected chi connectivity index (χ0v) is 20.1. The van der Waals surface area contributed by atoms with Crippen LogP contribution in [-0.2, 0) is 11.3 Å². The number of rotatable bonds is 7. The van der Waals surface area contributed by atoms with Gasteiger partial charge in [0.25, 0.3) is 5.91 Å². The lowest BCUT2D eigenvalue weighted by atomic mass is 9.71. The Kier molecular flexibility index (Phi) is 6.75. The van der Waals surface area contributed by atoms with Crippen molar-refractivity contribution in [3.05, 3.63) is 65.2 Å². The van der Waals surface area contributed by atoms with E-state index in [1.54, 1.807) is 7.11 Å². The van der Waals surface area contributed by atoms with Crippen molar-refractivity contribution in [1.82, 2.24) is 15.1 Å². The Bertz CT molecular complexity index is 999. The lowest BCUT2D eigenvalue weighted by Gasteiger charge is -2.50. The van der Waals surface area contributed by atoms with Crippen LogP contribution in [0.2, 0.25) is 0 Å². The molecule has 1 atom stereocenters. The molecule has 2 fully saturated rings. The summed E-state index contributed by atoms with van der Waals surface area (Å²) < 4.78 is 5.27. The van der Waals surface area contributed by atoms with Crippen LogP contribution in [0.4, 0.5) is 0 Å². The topological polar surface area (TPSA) is 61.9 Å². The van der Waals surface area contributed by atoms with Crippen molar-refractivity contribution >= 4 is 11.8 Å². The van der Waals surface area contributed by atoms with Crippen LogP contribution < -0.4 is 10.1 Å². The second-order valence-corrected chi connectivity index (χ2v) is 10.1. The van der Waals surface area contributed by atoms with Gasteiger partial charge in [0.1, 0.15) is 5.75 Å². The third kappa shape index (κ3) is 4.91. The molecule has 0 aromatic heterocycles. The Morgan fingerprint density at radius 3 is 2.48 bits per heavy atom. The zero-order valence-electron chi connectivity index (χ0n) is 20.1. The summed E-state index contributed by atoms with van der Waals surface area (Å²) >= 11 is 0. The van der Waals surface area contributed by atoms with E-state index >= 15 is 0 Å². The summed E-state index contributed by atoms with van der Waals surface area (Å²) in [5, 5.41) is 3.15. The Hall–Kier alpha value is -2.86. The van der Waals surface area contributed by atoms with Crippen molar-refractivity contribution < 1.29 is 14.3 Å². The SMILES string of the molecule is COc1ccc(C(=O)N2CC3(CN(Cc4ccccc4)CC3C(=O)NCC(C)C)C2)c(C)c1. The average molecular weight is 450 g/mol. The molecule has 2 aliphatic heterocycles. The summed E-state index contributed by atoms with van der Waals surface area (Å²) in [5.41, 5.74) is 2.66. The number of benzene rings is 2. The lowest BCUT2D eigenvalue weighted by Crippen LogP contribution is -2.64. The summed E-state index contributed by atoms with van der Waals surface area (Å²) in [7, 11) is 1.63. The van der Waals surface area contributed by atoms with Crippen LogP contribution >= 0.6 is 0 Å². The molecule has 0 bridgehead atoms. The molecule has 2 amide bonds. The molecule has 2 aliphatic rings. The van der Waals surface area contributed by atoms with Crippen LogP contribution in [0, 0.1) is 24.2 Å². The van der Waals surface area contributed by atoms with Gasteiger partial charge in [-0.05, 0) is 42.2 Å². The number of nitrogens with zero attached hydrogens (tertiary/aromatic N) is 2. The molecule has 2 heterocycles. The molecule has 1 unspecified atom stereocenters. The van der Waals surface area contributed by atoms with Crippen molar-refractivity contribution in [1.29, 1.82) is 0 Å². The molecule has 6 nitrogen and oxygen atoms in total. The number of methoxy groups -OCH3 is 1. The van der Waals surface area contributed by atoms with E-state index in [0.29, 0.717) is 31.1 Å². The third-order valence-electron chi connectivity index (χ3n) is 6.93. The minimum absolute atomic E-state index is 0.0311.